The third-order valence-electron chi connectivity index (χ3n) is 2.78. The molecule has 1 amide bonds. The van der Waals surface area contributed by atoms with Crippen LogP contribution in [0.1, 0.15) is 0 Å². The number of non-ortho nitro benzene ring substituents is 1. The first-order chi connectivity index (χ1) is 11.5. The van der Waals surface area contributed by atoms with Crippen LogP contribution in [0.15, 0.2) is 48.5 Å². The second-order valence-electron chi connectivity index (χ2n) is 4.53. The molecule has 7 nitrogen and oxygen atoms in total. The van der Waals surface area contributed by atoms with E-state index in [0.717, 1.165) is 0 Å². The average molecular weight is 366 g/mol. The summed E-state index contributed by atoms with van der Waals surface area (Å²) in [6.07, 6.45) is 0. The zero-order valence-corrected chi connectivity index (χ0v) is 13.8. The van der Waals surface area contributed by atoms with Crippen LogP contribution in [-0.2, 0) is 4.79 Å². The van der Waals surface area contributed by atoms with Gasteiger partial charge >= 0.3 is 0 Å². The average Bonchev–Trinajstić information content (AvgIpc) is 2.55. The first-order valence-corrected chi connectivity index (χ1v) is 7.47. The van der Waals surface area contributed by atoms with Gasteiger partial charge in [0.05, 0.1) is 15.6 Å². The van der Waals surface area contributed by atoms with Gasteiger partial charge < -0.3 is 10.1 Å². The van der Waals surface area contributed by atoms with Gasteiger partial charge in [-0.2, -0.15) is 0 Å². The van der Waals surface area contributed by atoms with Crippen molar-refractivity contribution in [1.29, 1.82) is 0 Å². The van der Waals surface area contributed by atoms with Gasteiger partial charge in [0.1, 0.15) is 5.75 Å². The predicted molar refractivity (Wildman–Crippen MR) is 94.4 cm³/mol. The molecule has 0 bridgehead atoms. The molecule has 24 heavy (non-hydrogen) atoms. The standard InChI is InChI=1S/C15H12ClN3O4S/c16-12-8-10(19(21)22)6-7-13(12)17-15(24)18-14(20)9-23-11-4-2-1-3-5-11/h1-8H,9H2,(H2,17,18,20,24). The number of rotatable bonds is 5. The molecule has 0 aliphatic carbocycles. The maximum Gasteiger partial charge on any atom is 0.271 e. The number of nitrogens with one attached hydrogen (secondary N) is 2. The Morgan fingerprint density at radius 1 is 1.25 bits per heavy atom. The van der Waals surface area contributed by atoms with Gasteiger partial charge in [0, 0.05) is 12.1 Å². The quantitative estimate of drug-likeness (QED) is 0.480. The number of carbonyl (C=O) groups excluding carboxylic acids is 1. The fraction of sp³-hybridized carbons (Fsp3) is 0.0667. The van der Waals surface area contributed by atoms with E-state index in [2.05, 4.69) is 10.6 Å². The first kappa shape index (κ1) is 17.6. The number of nitrogens with zero attached hydrogens (tertiary/aromatic N) is 1. The number of carbonyl (C=O) groups is 1. The molecule has 2 rings (SSSR count). The van der Waals surface area contributed by atoms with Crippen LogP contribution in [0.4, 0.5) is 11.4 Å². The Kier molecular flexibility index (Phi) is 6.05. The molecule has 9 heteroatoms. The zero-order valence-electron chi connectivity index (χ0n) is 12.2. The highest BCUT2D eigenvalue weighted by molar-refractivity contribution is 7.80. The largest absolute Gasteiger partial charge is 0.484 e. The Hall–Kier alpha value is -2.71. The highest BCUT2D eigenvalue weighted by Crippen LogP contribution is 2.26. The lowest BCUT2D eigenvalue weighted by molar-refractivity contribution is -0.384. The van der Waals surface area contributed by atoms with E-state index in [1.165, 1.54) is 18.2 Å². The number of halogens is 1. The molecule has 2 aromatic rings. The van der Waals surface area contributed by atoms with E-state index < -0.39 is 10.8 Å². The van der Waals surface area contributed by atoms with E-state index in [4.69, 9.17) is 28.6 Å². The summed E-state index contributed by atoms with van der Waals surface area (Å²) in [6.45, 7) is -0.209. The molecule has 0 atom stereocenters. The lowest BCUT2D eigenvalue weighted by atomic mass is 10.3. The van der Waals surface area contributed by atoms with Gasteiger partial charge in [-0.3, -0.25) is 20.2 Å². The van der Waals surface area contributed by atoms with Crippen LogP contribution in [0.25, 0.3) is 0 Å². The van der Waals surface area contributed by atoms with Crippen molar-refractivity contribution in [3.05, 3.63) is 63.7 Å². The van der Waals surface area contributed by atoms with Crippen molar-refractivity contribution in [1.82, 2.24) is 5.32 Å². The van der Waals surface area contributed by atoms with E-state index in [9.17, 15) is 14.9 Å². The van der Waals surface area contributed by atoms with Crippen molar-refractivity contribution < 1.29 is 14.5 Å². The number of amides is 1. The molecule has 0 saturated carbocycles. The number of ether oxygens (including phenoxy) is 1. The minimum absolute atomic E-state index is 0.00687. The SMILES string of the molecule is O=C(COc1ccccc1)NC(=S)Nc1ccc([N+](=O)[O-])cc1Cl. The van der Waals surface area contributed by atoms with Gasteiger partial charge in [-0.05, 0) is 30.4 Å². The molecule has 0 saturated heterocycles. The number of benzene rings is 2. The number of hydrogen-bond acceptors (Lipinski definition) is 5. The molecule has 124 valence electrons. The number of anilines is 1. The third kappa shape index (κ3) is 5.18. The van der Waals surface area contributed by atoms with Gasteiger partial charge in [-0.1, -0.05) is 29.8 Å². The van der Waals surface area contributed by atoms with E-state index in [0.29, 0.717) is 11.4 Å². The van der Waals surface area contributed by atoms with Crippen LogP contribution in [0.5, 0.6) is 5.75 Å². The number of thiocarbonyl (C=S) groups is 1. The highest BCUT2D eigenvalue weighted by atomic mass is 35.5. The van der Waals surface area contributed by atoms with Gasteiger partial charge in [0.25, 0.3) is 11.6 Å². The Balaban J connectivity index is 1.86. The van der Waals surface area contributed by atoms with Crippen LogP contribution in [-0.4, -0.2) is 22.5 Å². The van der Waals surface area contributed by atoms with E-state index in [1.54, 1.807) is 24.3 Å². The van der Waals surface area contributed by atoms with Crippen molar-refractivity contribution in [2.45, 2.75) is 0 Å². The second kappa shape index (κ2) is 8.23. The summed E-state index contributed by atoms with van der Waals surface area (Å²) in [5.41, 5.74) is 0.202. The number of nitro benzene ring substituents is 1. The molecule has 2 N–H and O–H groups in total. The summed E-state index contributed by atoms with van der Waals surface area (Å²) in [7, 11) is 0. The second-order valence-corrected chi connectivity index (χ2v) is 5.34. The van der Waals surface area contributed by atoms with Crippen molar-refractivity contribution in [3.8, 4) is 5.75 Å². The molecule has 0 aromatic heterocycles. The monoisotopic (exact) mass is 365 g/mol. The van der Waals surface area contributed by atoms with Crippen molar-refractivity contribution in [3.63, 3.8) is 0 Å². The summed E-state index contributed by atoms with van der Waals surface area (Å²) in [5.74, 6) is 0.110. The lowest BCUT2D eigenvalue weighted by Crippen LogP contribution is -2.37. The van der Waals surface area contributed by atoms with Crippen LogP contribution < -0.4 is 15.4 Å². The molecule has 2 aromatic carbocycles. The molecule has 0 fully saturated rings. The molecular weight excluding hydrogens is 354 g/mol. The Morgan fingerprint density at radius 3 is 2.58 bits per heavy atom. The smallest absolute Gasteiger partial charge is 0.271 e. The summed E-state index contributed by atoms with van der Waals surface area (Å²) in [5, 5.41) is 15.9. The first-order valence-electron chi connectivity index (χ1n) is 6.68. The van der Waals surface area contributed by atoms with Crippen molar-refractivity contribution in [2.75, 3.05) is 11.9 Å². The Labute approximate surface area is 147 Å². The van der Waals surface area contributed by atoms with Gasteiger partial charge in [-0.15, -0.1) is 0 Å². The van der Waals surface area contributed by atoms with E-state index >= 15 is 0 Å². The Bertz CT molecular complexity index is 771. The van der Waals surface area contributed by atoms with Crippen molar-refractivity contribution in [2.24, 2.45) is 0 Å². The summed E-state index contributed by atoms with van der Waals surface area (Å²) < 4.78 is 5.28. The van der Waals surface area contributed by atoms with Gasteiger partial charge in [0.2, 0.25) is 0 Å². The molecule has 0 aliphatic rings. The zero-order chi connectivity index (χ0) is 17.5. The predicted octanol–water partition coefficient (Wildman–Crippen LogP) is 3.14. The van der Waals surface area contributed by atoms with Crippen LogP contribution in [0.3, 0.4) is 0 Å². The van der Waals surface area contributed by atoms with E-state index in [1.807, 2.05) is 6.07 Å². The third-order valence-corrected chi connectivity index (χ3v) is 3.29. The highest BCUT2D eigenvalue weighted by Gasteiger charge is 2.11. The fourth-order valence-corrected chi connectivity index (χ4v) is 2.15. The minimum Gasteiger partial charge on any atom is -0.484 e. The molecule has 0 unspecified atom stereocenters. The van der Waals surface area contributed by atoms with Gasteiger partial charge in [0.15, 0.2) is 11.7 Å². The van der Waals surface area contributed by atoms with Crippen LogP contribution >= 0.6 is 23.8 Å². The van der Waals surface area contributed by atoms with Crippen LogP contribution in [0.2, 0.25) is 5.02 Å². The molecule has 0 heterocycles. The molecule has 0 aliphatic heterocycles. The van der Waals surface area contributed by atoms with E-state index in [-0.39, 0.29) is 22.4 Å². The summed E-state index contributed by atoms with van der Waals surface area (Å²) in [6, 6.07) is 12.7. The number of para-hydroxylation sites is 1. The maximum atomic E-state index is 11.8. The molecule has 0 radical (unpaired) electrons. The molecular formula is C15H12ClN3O4S. The topological polar surface area (TPSA) is 93.5 Å². The fourth-order valence-electron chi connectivity index (χ4n) is 1.70. The number of hydrogen-bond donors (Lipinski definition) is 2. The van der Waals surface area contributed by atoms with Crippen LogP contribution in [0, 0.1) is 10.1 Å². The summed E-state index contributed by atoms with van der Waals surface area (Å²) in [4.78, 5) is 21.9. The molecule has 0 spiro atoms. The summed E-state index contributed by atoms with van der Waals surface area (Å²) >= 11 is 10.9. The van der Waals surface area contributed by atoms with Crippen molar-refractivity contribution >= 4 is 46.2 Å². The van der Waals surface area contributed by atoms with Gasteiger partial charge in [-0.25, -0.2) is 0 Å². The lowest BCUT2D eigenvalue weighted by Gasteiger charge is -2.11. The Morgan fingerprint density at radius 2 is 1.96 bits per heavy atom. The minimum atomic E-state index is -0.559. The maximum absolute atomic E-state index is 11.8. The number of nitro groups is 1. The normalized spacial score (nSPS) is 9.88.